The Morgan fingerprint density at radius 1 is 0.491 bits per heavy atom. The predicted molar refractivity (Wildman–Crippen MR) is 202 cm³/mol. The van der Waals surface area contributed by atoms with Crippen LogP contribution < -0.4 is 18.9 Å². The number of benzene rings is 2. The fraction of sp³-hybridized carbons (Fsp3) is 0.585. The fourth-order valence-corrected chi connectivity index (χ4v) is 4.51. The van der Waals surface area contributed by atoms with E-state index in [2.05, 4.69) is 0 Å². The van der Waals surface area contributed by atoms with Crippen molar-refractivity contribution >= 4 is 29.8 Å². The average Bonchev–Trinajstić information content (AvgIpc) is 3.01. The van der Waals surface area contributed by atoms with E-state index in [1.165, 1.54) is 30.3 Å². The summed E-state index contributed by atoms with van der Waals surface area (Å²) in [4.78, 5) is 64.1. The van der Waals surface area contributed by atoms with Crippen LogP contribution in [0.3, 0.4) is 0 Å². The van der Waals surface area contributed by atoms with Gasteiger partial charge < -0.3 is 42.6 Å². The molecule has 0 aliphatic carbocycles. The van der Waals surface area contributed by atoms with Crippen LogP contribution in [0.1, 0.15) is 113 Å². The van der Waals surface area contributed by atoms with Gasteiger partial charge in [0.2, 0.25) is 0 Å². The monoisotopic (exact) mass is 774 g/mol. The summed E-state index contributed by atoms with van der Waals surface area (Å²) in [6, 6.07) is 7.28. The molecule has 0 amide bonds. The molecule has 0 spiro atoms. The van der Waals surface area contributed by atoms with Crippen molar-refractivity contribution < 1.29 is 66.6 Å². The van der Waals surface area contributed by atoms with Crippen molar-refractivity contribution in [2.75, 3.05) is 33.0 Å². The van der Waals surface area contributed by atoms with Crippen molar-refractivity contribution in [3.8, 4) is 34.1 Å². The van der Waals surface area contributed by atoms with Gasteiger partial charge in [-0.3, -0.25) is 0 Å². The van der Waals surface area contributed by atoms with Crippen molar-refractivity contribution in [2.45, 2.75) is 125 Å². The Labute approximate surface area is 324 Å². The summed E-state index contributed by atoms with van der Waals surface area (Å²) in [5, 5.41) is 0. The van der Waals surface area contributed by atoms with Gasteiger partial charge in [0, 0.05) is 17.7 Å². The van der Waals surface area contributed by atoms with Crippen LogP contribution >= 0.6 is 0 Å². The minimum Gasteiger partial charge on any atom is -0.482 e. The van der Waals surface area contributed by atoms with E-state index in [4.69, 9.17) is 42.6 Å². The topological polar surface area (TPSA) is 168 Å². The first-order chi connectivity index (χ1) is 25.2. The van der Waals surface area contributed by atoms with Crippen LogP contribution in [0.5, 0.6) is 23.0 Å². The molecule has 0 unspecified atom stereocenters. The summed E-state index contributed by atoms with van der Waals surface area (Å²) >= 11 is 0. The maximum atomic E-state index is 13.6. The molecule has 2 aromatic carbocycles. The number of ether oxygens (including phenoxy) is 9. The number of hydrogen-bond acceptors (Lipinski definition) is 14. The van der Waals surface area contributed by atoms with Crippen LogP contribution in [0.2, 0.25) is 0 Å². The summed E-state index contributed by atoms with van der Waals surface area (Å²) in [6.07, 6.45) is 1.36. The van der Waals surface area contributed by atoms with Gasteiger partial charge in [-0.15, -0.1) is 0 Å². The summed E-state index contributed by atoms with van der Waals surface area (Å²) < 4.78 is 50.6. The average molecular weight is 775 g/mol. The highest BCUT2D eigenvalue weighted by atomic mass is 16.6. The second-order valence-corrected chi connectivity index (χ2v) is 16.5. The Balaban J connectivity index is 2.78. The third-order valence-corrected chi connectivity index (χ3v) is 6.31. The Hall–Kier alpha value is -5.01. The SMILES string of the molecule is CCCCOC(=O)c1cc(-c2cc(OCC(=O)OC(C)(C)C)cc(OCC(=O)OC(C)(C)C)c2)c(OCC(=O)OC(C)(C)C)cc1OCC(=O)OC(C)(C)C. The smallest absolute Gasteiger partial charge is 0.344 e. The summed E-state index contributed by atoms with van der Waals surface area (Å²) in [5.74, 6) is -3.24. The lowest BCUT2D eigenvalue weighted by Gasteiger charge is -2.22. The van der Waals surface area contributed by atoms with Gasteiger partial charge in [0.15, 0.2) is 26.4 Å². The highest BCUT2D eigenvalue weighted by Gasteiger charge is 2.26. The quantitative estimate of drug-likeness (QED) is 0.0899. The molecule has 306 valence electrons. The Bertz CT molecular complexity index is 1600. The van der Waals surface area contributed by atoms with Gasteiger partial charge in [0.1, 0.15) is 51.0 Å². The normalized spacial score (nSPS) is 11.9. The van der Waals surface area contributed by atoms with Crippen molar-refractivity contribution in [3.05, 3.63) is 35.9 Å². The van der Waals surface area contributed by atoms with Crippen LogP contribution in [-0.2, 0) is 42.9 Å². The minimum absolute atomic E-state index is 0.0255. The van der Waals surface area contributed by atoms with E-state index < -0.39 is 78.7 Å². The van der Waals surface area contributed by atoms with Crippen LogP contribution in [-0.4, -0.2) is 85.3 Å². The molecule has 14 nitrogen and oxygen atoms in total. The Kier molecular flexibility index (Phi) is 16.4. The van der Waals surface area contributed by atoms with Crippen molar-refractivity contribution in [1.29, 1.82) is 0 Å². The zero-order chi connectivity index (χ0) is 41.8. The number of carbonyl (C=O) groups is 5. The van der Waals surface area contributed by atoms with E-state index in [1.54, 1.807) is 83.1 Å². The van der Waals surface area contributed by atoms with Gasteiger partial charge >= 0.3 is 29.8 Å². The molecule has 0 radical (unpaired) electrons. The van der Waals surface area contributed by atoms with Crippen LogP contribution in [0.15, 0.2) is 30.3 Å². The largest absolute Gasteiger partial charge is 0.482 e. The first kappa shape index (κ1) is 46.1. The van der Waals surface area contributed by atoms with Crippen molar-refractivity contribution in [3.63, 3.8) is 0 Å². The summed E-state index contributed by atoms with van der Waals surface area (Å²) in [6.45, 7) is 20.6. The zero-order valence-electron chi connectivity index (χ0n) is 34.6. The van der Waals surface area contributed by atoms with Gasteiger partial charge in [-0.2, -0.15) is 0 Å². The summed E-state index contributed by atoms with van der Waals surface area (Å²) in [7, 11) is 0. The second kappa shape index (κ2) is 19.5. The van der Waals surface area contributed by atoms with E-state index >= 15 is 0 Å². The fourth-order valence-electron chi connectivity index (χ4n) is 4.51. The van der Waals surface area contributed by atoms with Crippen LogP contribution in [0.25, 0.3) is 11.1 Å². The first-order valence-corrected chi connectivity index (χ1v) is 18.1. The molecule has 0 atom stereocenters. The molecule has 2 aromatic rings. The number of unbranched alkanes of at least 4 members (excludes halogenated alkanes) is 1. The lowest BCUT2D eigenvalue weighted by atomic mass is 10.00. The lowest BCUT2D eigenvalue weighted by molar-refractivity contribution is -0.158. The molecule has 0 aliphatic heterocycles. The zero-order valence-corrected chi connectivity index (χ0v) is 34.6. The molecule has 2 rings (SSSR count). The second-order valence-electron chi connectivity index (χ2n) is 16.5. The van der Waals surface area contributed by atoms with E-state index in [9.17, 15) is 24.0 Å². The third kappa shape index (κ3) is 18.7. The number of carbonyl (C=O) groups excluding carboxylic acids is 5. The molecular weight excluding hydrogens is 716 g/mol. The first-order valence-electron chi connectivity index (χ1n) is 18.1. The lowest BCUT2D eigenvalue weighted by Crippen LogP contribution is -2.28. The van der Waals surface area contributed by atoms with Crippen LogP contribution in [0, 0.1) is 0 Å². The van der Waals surface area contributed by atoms with Crippen molar-refractivity contribution in [2.24, 2.45) is 0 Å². The van der Waals surface area contributed by atoms with E-state index in [1.807, 2.05) is 6.92 Å². The van der Waals surface area contributed by atoms with Crippen molar-refractivity contribution in [1.82, 2.24) is 0 Å². The number of esters is 5. The molecule has 55 heavy (non-hydrogen) atoms. The highest BCUT2D eigenvalue weighted by Crippen LogP contribution is 2.40. The standard InChI is InChI=1S/C41H58O14/c1-14-15-16-47-37(46)30-20-29(31(50-24-35(44)54-40(8,9)10)21-32(30)51-25-36(45)55-41(11,12)13)26-17-27(48-22-33(42)52-38(2,3)4)19-28(18-26)49-23-34(43)53-39(5,6)7/h17-21H,14-16,22-25H2,1-13H3. The minimum atomic E-state index is -0.808. The van der Waals surface area contributed by atoms with Gasteiger partial charge in [0.05, 0.1) is 6.61 Å². The maximum absolute atomic E-state index is 13.6. The molecule has 0 aromatic heterocycles. The molecule has 0 heterocycles. The predicted octanol–water partition coefficient (Wildman–Crippen LogP) is 7.19. The number of rotatable bonds is 17. The maximum Gasteiger partial charge on any atom is 0.344 e. The molecule has 14 heteroatoms. The molecule has 0 N–H and O–H groups in total. The molecule has 0 saturated heterocycles. The molecule has 0 fully saturated rings. The molecular formula is C41H58O14. The van der Waals surface area contributed by atoms with E-state index in [-0.39, 0.29) is 40.7 Å². The molecule has 0 saturated carbocycles. The third-order valence-electron chi connectivity index (χ3n) is 6.31. The Morgan fingerprint density at radius 3 is 1.25 bits per heavy atom. The molecule has 0 bridgehead atoms. The molecule has 0 aliphatic rings. The van der Waals surface area contributed by atoms with Gasteiger partial charge in [-0.25, -0.2) is 24.0 Å². The van der Waals surface area contributed by atoms with Gasteiger partial charge in [0.25, 0.3) is 0 Å². The highest BCUT2D eigenvalue weighted by molar-refractivity contribution is 5.95. The number of hydrogen-bond donors (Lipinski definition) is 0. The van der Waals surface area contributed by atoms with Gasteiger partial charge in [-0.1, -0.05) is 13.3 Å². The Morgan fingerprint density at radius 2 is 0.873 bits per heavy atom. The van der Waals surface area contributed by atoms with E-state index in [0.29, 0.717) is 12.0 Å². The van der Waals surface area contributed by atoms with Crippen LogP contribution in [0.4, 0.5) is 0 Å². The van der Waals surface area contributed by atoms with E-state index in [0.717, 1.165) is 6.42 Å². The van der Waals surface area contributed by atoms with Gasteiger partial charge in [-0.05, 0) is 113 Å². The summed E-state index contributed by atoms with van der Waals surface area (Å²) in [5.41, 5.74) is -2.68.